The number of nitrogens with zero attached hydrogens (tertiary/aromatic N) is 1. The molecule has 1 fully saturated rings. The molecule has 2 rings (SSSR count). The van der Waals surface area contributed by atoms with Crippen LogP contribution in [0.5, 0.6) is 0 Å². The van der Waals surface area contributed by atoms with Gasteiger partial charge in [0.15, 0.2) is 0 Å². The topological polar surface area (TPSA) is 84.3 Å². The highest BCUT2D eigenvalue weighted by Gasteiger charge is 2.27. The summed E-state index contributed by atoms with van der Waals surface area (Å²) in [6, 6.07) is 0. The molecule has 0 radical (unpaired) electrons. The molecule has 0 aliphatic carbocycles. The second-order valence-corrected chi connectivity index (χ2v) is 4.05. The van der Waals surface area contributed by atoms with Gasteiger partial charge in [0.1, 0.15) is 6.23 Å². The Hall–Kier alpha value is -1.40. The Kier molecular flexibility index (Phi) is 2.93. The van der Waals surface area contributed by atoms with Gasteiger partial charge in [-0.1, -0.05) is 0 Å². The first kappa shape index (κ1) is 11.1. The van der Waals surface area contributed by atoms with Gasteiger partial charge >= 0.3 is 5.69 Å². The summed E-state index contributed by atoms with van der Waals surface area (Å²) in [4.78, 5) is 24.9. The zero-order valence-electron chi connectivity index (χ0n) is 8.97. The van der Waals surface area contributed by atoms with E-state index in [2.05, 4.69) is 4.98 Å². The van der Waals surface area contributed by atoms with E-state index >= 15 is 0 Å². The second kappa shape index (κ2) is 4.23. The predicted octanol–water partition coefficient (Wildman–Crippen LogP) is -0.628. The van der Waals surface area contributed by atoms with Crippen molar-refractivity contribution < 1.29 is 9.84 Å². The molecule has 0 bridgehead atoms. The Labute approximate surface area is 91.5 Å². The van der Waals surface area contributed by atoms with Gasteiger partial charge in [-0.2, -0.15) is 0 Å². The van der Waals surface area contributed by atoms with Crippen molar-refractivity contribution in [1.29, 1.82) is 0 Å². The number of hydrogen-bond acceptors (Lipinski definition) is 4. The molecule has 88 valence electrons. The van der Waals surface area contributed by atoms with Gasteiger partial charge in [-0.15, -0.1) is 0 Å². The SMILES string of the molecule is Cc1cn(C2C[C@@H](CO)CO2)c(=O)[nH]c1=O. The maximum atomic E-state index is 11.5. The maximum absolute atomic E-state index is 11.5. The number of aromatic nitrogens is 2. The normalized spacial score (nSPS) is 24.9. The highest BCUT2D eigenvalue weighted by molar-refractivity contribution is 5.01. The van der Waals surface area contributed by atoms with Crippen LogP contribution in [0.1, 0.15) is 18.2 Å². The van der Waals surface area contributed by atoms with E-state index in [1.165, 1.54) is 10.8 Å². The number of aromatic amines is 1. The minimum Gasteiger partial charge on any atom is -0.396 e. The lowest BCUT2D eigenvalue weighted by Gasteiger charge is -2.12. The quantitative estimate of drug-likeness (QED) is 0.703. The Morgan fingerprint density at radius 3 is 3.00 bits per heavy atom. The van der Waals surface area contributed by atoms with E-state index < -0.39 is 5.69 Å². The van der Waals surface area contributed by atoms with Crippen LogP contribution in [-0.4, -0.2) is 27.9 Å². The van der Waals surface area contributed by atoms with Gasteiger partial charge in [0, 0.05) is 24.3 Å². The van der Waals surface area contributed by atoms with Gasteiger partial charge in [-0.25, -0.2) is 4.79 Å². The summed E-state index contributed by atoms with van der Waals surface area (Å²) in [6.07, 6.45) is 1.69. The van der Waals surface area contributed by atoms with Crippen molar-refractivity contribution >= 4 is 0 Å². The largest absolute Gasteiger partial charge is 0.396 e. The summed E-state index contributed by atoms with van der Waals surface area (Å²) in [5.74, 6) is 0.0594. The molecular weight excluding hydrogens is 212 g/mol. The van der Waals surface area contributed by atoms with E-state index in [9.17, 15) is 9.59 Å². The molecule has 2 atom stereocenters. The number of rotatable bonds is 2. The Morgan fingerprint density at radius 1 is 1.62 bits per heavy atom. The summed E-state index contributed by atoms with van der Waals surface area (Å²) in [7, 11) is 0. The highest BCUT2D eigenvalue weighted by Crippen LogP contribution is 2.25. The van der Waals surface area contributed by atoms with Crippen molar-refractivity contribution in [3.8, 4) is 0 Å². The van der Waals surface area contributed by atoms with Crippen LogP contribution in [-0.2, 0) is 4.74 Å². The first-order valence-electron chi connectivity index (χ1n) is 5.16. The molecule has 1 aliphatic heterocycles. The van der Waals surface area contributed by atoms with Gasteiger partial charge in [-0.05, 0) is 13.3 Å². The first-order chi connectivity index (χ1) is 7.61. The fraction of sp³-hybridized carbons (Fsp3) is 0.600. The molecule has 6 nitrogen and oxygen atoms in total. The lowest BCUT2D eigenvalue weighted by atomic mass is 10.1. The molecule has 1 aliphatic rings. The Morgan fingerprint density at radius 2 is 2.38 bits per heavy atom. The highest BCUT2D eigenvalue weighted by atomic mass is 16.5. The standard InChI is InChI=1S/C10H14N2O4/c1-6-3-12(10(15)11-9(6)14)8-2-7(4-13)5-16-8/h3,7-8,13H,2,4-5H2,1H3,(H,11,14,15)/t7-,8?/m0/s1. The molecule has 0 amide bonds. The lowest BCUT2D eigenvalue weighted by molar-refractivity contribution is 0.0488. The van der Waals surface area contributed by atoms with Crippen LogP contribution in [0.2, 0.25) is 0 Å². The van der Waals surface area contributed by atoms with Gasteiger partial charge in [0.05, 0.1) is 6.61 Å². The predicted molar refractivity (Wildman–Crippen MR) is 56.2 cm³/mol. The van der Waals surface area contributed by atoms with Crippen LogP contribution >= 0.6 is 0 Å². The average Bonchev–Trinajstić information content (AvgIpc) is 2.71. The Bertz CT molecular complexity index is 490. The van der Waals surface area contributed by atoms with E-state index in [0.29, 0.717) is 18.6 Å². The number of H-pyrrole nitrogens is 1. The lowest BCUT2D eigenvalue weighted by Crippen LogP contribution is -2.33. The van der Waals surface area contributed by atoms with Crippen LogP contribution in [0, 0.1) is 12.8 Å². The van der Waals surface area contributed by atoms with Gasteiger partial charge in [0.25, 0.3) is 5.56 Å². The van der Waals surface area contributed by atoms with Crippen molar-refractivity contribution in [1.82, 2.24) is 9.55 Å². The molecule has 1 aromatic heterocycles. The number of aliphatic hydroxyl groups excluding tert-OH is 1. The summed E-state index contributed by atoms with van der Waals surface area (Å²) in [6.45, 7) is 2.12. The molecule has 16 heavy (non-hydrogen) atoms. The van der Waals surface area contributed by atoms with Crippen LogP contribution in [0.25, 0.3) is 0 Å². The van der Waals surface area contributed by atoms with Gasteiger partial charge in [0.2, 0.25) is 0 Å². The first-order valence-corrected chi connectivity index (χ1v) is 5.16. The smallest absolute Gasteiger partial charge is 0.330 e. The number of hydrogen-bond donors (Lipinski definition) is 2. The molecule has 0 spiro atoms. The molecule has 1 aromatic rings. The summed E-state index contributed by atoms with van der Waals surface area (Å²) >= 11 is 0. The van der Waals surface area contributed by atoms with Crippen LogP contribution < -0.4 is 11.2 Å². The van der Waals surface area contributed by atoms with Crippen LogP contribution in [0.15, 0.2) is 15.8 Å². The van der Waals surface area contributed by atoms with Crippen molar-refractivity contribution in [2.24, 2.45) is 5.92 Å². The fourth-order valence-corrected chi connectivity index (χ4v) is 1.79. The zero-order valence-corrected chi connectivity index (χ0v) is 8.97. The summed E-state index contributed by atoms with van der Waals surface area (Å²) < 4.78 is 6.77. The minimum atomic E-state index is -0.473. The third kappa shape index (κ3) is 1.94. The number of ether oxygens (including phenoxy) is 1. The number of aryl methyl sites for hydroxylation is 1. The molecule has 2 N–H and O–H groups in total. The third-order valence-electron chi connectivity index (χ3n) is 2.77. The molecule has 0 aromatic carbocycles. The van der Waals surface area contributed by atoms with Crippen LogP contribution in [0.3, 0.4) is 0 Å². The van der Waals surface area contributed by atoms with Crippen molar-refractivity contribution in [2.45, 2.75) is 19.6 Å². The van der Waals surface area contributed by atoms with Crippen LogP contribution in [0.4, 0.5) is 0 Å². The van der Waals surface area contributed by atoms with E-state index in [0.717, 1.165) is 0 Å². The molecule has 6 heteroatoms. The third-order valence-corrected chi connectivity index (χ3v) is 2.77. The van der Waals surface area contributed by atoms with Crippen molar-refractivity contribution in [2.75, 3.05) is 13.2 Å². The molecule has 0 saturated carbocycles. The Balaban J connectivity index is 2.32. The second-order valence-electron chi connectivity index (χ2n) is 4.05. The van der Waals surface area contributed by atoms with Crippen molar-refractivity contribution in [3.05, 3.63) is 32.6 Å². The number of aliphatic hydroxyl groups is 1. The van der Waals surface area contributed by atoms with E-state index in [1.54, 1.807) is 6.92 Å². The number of nitrogens with one attached hydrogen (secondary N) is 1. The fourth-order valence-electron chi connectivity index (χ4n) is 1.79. The minimum absolute atomic E-state index is 0.0492. The van der Waals surface area contributed by atoms with Crippen molar-refractivity contribution in [3.63, 3.8) is 0 Å². The maximum Gasteiger partial charge on any atom is 0.330 e. The summed E-state index contributed by atoms with van der Waals surface area (Å²) in [5.41, 5.74) is -0.382. The van der Waals surface area contributed by atoms with E-state index in [1.807, 2.05) is 0 Å². The average molecular weight is 226 g/mol. The van der Waals surface area contributed by atoms with Gasteiger partial charge < -0.3 is 9.84 Å². The van der Waals surface area contributed by atoms with Gasteiger partial charge in [-0.3, -0.25) is 14.3 Å². The molecule has 1 saturated heterocycles. The molecular formula is C10H14N2O4. The molecule has 1 unspecified atom stereocenters. The zero-order chi connectivity index (χ0) is 11.7. The monoisotopic (exact) mass is 226 g/mol. The molecule has 2 heterocycles. The summed E-state index contributed by atoms with van der Waals surface area (Å²) in [5, 5.41) is 8.97. The van der Waals surface area contributed by atoms with E-state index in [4.69, 9.17) is 9.84 Å². The van der Waals surface area contributed by atoms with E-state index in [-0.39, 0.29) is 24.3 Å².